The van der Waals surface area contributed by atoms with Crippen molar-refractivity contribution in [2.45, 2.75) is 11.8 Å². The Balaban J connectivity index is 2.69. The van der Waals surface area contributed by atoms with E-state index in [-0.39, 0.29) is 10.6 Å². The molecule has 2 N–H and O–H groups in total. The van der Waals surface area contributed by atoms with Crippen molar-refractivity contribution < 1.29 is 18.1 Å². The molecule has 0 atom stereocenters. The standard InChI is InChI=1S/C13H12O4S/c1-9-2-7-13(18(15,16)17)12(8-9)10-3-5-11(14)6-4-10/h2-8,14H,1H3,(H,15,16,17). The van der Waals surface area contributed by atoms with Crippen LogP contribution in [0.15, 0.2) is 47.4 Å². The minimum Gasteiger partial charge on any atom is -0.508 e. The van der Waals surface area contributed by atoms with Crippen molar-refractivity contribution in [3.63, 3.8) is 0 Å². The van der Waals surface area contributed by atoms with Crippen LogP contribution in [0.3, 0.4) is 0 Å². The normalized spacial score (nSPS) is 11.4. The lowest BCUT2D eigenvalue weighted by molar-refractivity contribution is 0.475. The molecule has 0 aliphatic rings. The van der Waals surface area contributed by atoms with Gasteiger partial charge in [0.25, 0.3) is 10.1 Å². The van der Waals surface area contributed by atoms with Gasteiger partial charge in [-0.25, -0.2) is 0 Å². The summed E-state index contributed by atoms with van der Waals surface area (Å²) in [4.78, 5) is -0.140. The zero-order valence-corrected chi connectivity index (χ0v) is 10.5. The smallest absolute Gasteiger partial charge is 0.295 e. The molecule has 0 saturated carbocycles. The molecule has 4 nitrogen and oxygen atoms in total. The van der Waals surface area contributed by atoms with Crippen LogP contribution in [-0.2, 0) is 10.1 Å². The van der Waals surface area contributed by atoms with Gasteiger partial charge in [-0.2, -0.15) is 8.42 Å². The third kappa shape index (κ3) is 2.52. The fraction of sp³-hybridized carbons (Fsp3) is 0.0769. The van der Waals surface area contributed by atoms with E-state index in [2.05, 4.69) is 0 Å². The van der Waals surface area contributed by atoms with E-state index in [1.165, 1.54) is 18.2 Å². The maximum Gasteiger partial charge on any atom is 0.295 e. The van der Waals surface area contributed by atoms with Gasteiger partial charge in [0.2, 0.25) is 0 Å². The van der Waals surface area contributed by atoms with E-state index in [1.54, 1.807) is 24.3 Å². The molecule has 2 aromatic carbocycles. The molecule has 94 valence electrons. The number of phenolic OH excluding ortho intramolecular Hbond substituents is 1. The lowest BCUT2D eigenvalue weighted by Gasteiger charge is -2.08. The largest absolute Gasteiger partial charge is 0.508 e. The van der Waals surface area contributed by atoms with E-state index in [9.17, 15) is 18.1 Å². The molecule has 0 unspecified atom stereocenters. The zero-order valence-electron chi connectivity index (χ0n) is 9.66. The Morgan fingerprint density at radius 1 is 1.00 bits per heavy atom. The monoisotopic (exact) mass is 264 g/mol. The lowest BCUT2D eigenvalue weighted by Crippen LogP contribution is -2.01. The summed E-state index contributed by atoms with van der Waals surface area (Å²) in [6.45, 7) is 1.83. The molecule has 2 aromatic rings. The number of aryl methyl sites for hydroxylation is 1. The first-order chi connectivity index (χ1) is 8.38. The van der Waals surface area contributed by atoms with Gasteiger partial charge in [0, 0.05) is 5.56 Å². The van der Waals surface area contributed by atoms with E-state index in [4.69, 9.17) is 0 Å². The average Bonchev–Trinajstić information content (AvgIpc) is 2.28. The van der Waals surface area contributed by atoms with Crippen molar-refractivity contribution in [1.29, 1.82) is 0 Å². The molecule has 18 heavy (non-hydrogen) atoms. The number of aromatic hydroxyl groups is 1. The van der Waals surface area contributed by atoms with E-state index in [0.717, 1.165) is 5.56 Å². The number of hydrogen-bond donors (Lipinski definition) is 2. The molecule has 0 amide bonds. The summed E-state index contributed by atoms with van der Waals surface area (Å²) in [5, 5.41) is 9.22. The van der Waals surface area contributed by atoms with E-state index >= 15 is 0 Å². The summed E-state index contributed by atoms with van der Waals surface area (Å²) in [7, 11) is -4.27. The summed E-state index contributed by atoms with van der Waals surface area (Å²) >= 11 is 0. The van der Waals surface area contributed by atoms with Crippen LogP contribution < -0.4 is 0 Å². The highest BCUT2D eigenvalue weighted by Crippen LogP contribution is 2.29. The molecule has 0 radical (unpaired) electrons. The Morgan fingerprint density at radius 3 is 2.17 bits per heavy atom. The first kappa shape index (κ1) is 12.6. The molecule has 0 bridgehead atoms. The van der Waals surface area contributed by atoms with Crippen LogP contribution in [0.1, 0.15) is 5.56 Å². The first-order valence-electron chi connectivity index (χ1n) is 5.25. The van der Waals surface area contributed by atoms with Crippen molar-refractivity contribution in [2.75, 3.05) is 0 Å². The summed E-state index contributed by atoms with van der Waals surface area (Å²) in [5.41, 5.74) is 1.91. The van der Waals surface area contributed by atoms with Gasteiger partial charge < -0.3 is 5.11 Å². The predicted octanol–water partition coefficient (Wildman–Crippen LogP) is 2.61. The predicted molar refractivity (Wildman–Crippen MR) is 68.1 cm³/mol. The molecule has 0 fully saturated rings. The first-order valence-corrected chi connectivity index (χ1v) is 6.69. The Kier molecular flexibility index (Phi) is 3.11. The van der Waals surface area contributed by atoms with Gasteiger partial charge in [0.15, 0.2) is 0 Å². The number of rotatable bonds is 2. The maximum absolute atomic E-state index is 11.3. The van der Waals surface area contributed by atoms with Crippen molar-refractivity contribution in [2.24, 2.45) is 0 Å². The molecule has 2 rings (SSSR count). The van der Waals surface area contributed by atoms with Gasteiger partial charge in [0.1, 0.15) is 10.6 Å². The van der Waals surface area contributed by atoms with Crippen LogP contribution in [0.5, 0.6) is 5.75 Å². The molecule has 0 aromatic heterocycles. The second-order valence-corrected chi connectivity index (χ2v) is 5.41. The molecule has 0 saturated heterocycles. The van der Waals surface area contributed by atoms with Gasteiger partial charge >= 0.3 is 0 Å². The SMILES string of the molecule is Cc1ccc(S(=O)(=O)O)c(-c2ccc(O)cc2)c1. The van der Waals surface area contributed by atoms with Gasteiger partial charge in [-0.1, -0.05) is 29.8 Å². The number of phenols is 1. The average molecular weight is 264 g/mol. The number of hydrogen-bond acceptors (Lipinski definition) is 3. The fourth-order valence-corrected chi connectivity index (χ4v) is 2.43. The summed E-state index contributed by atoms with van der Waals surface area (Å²) < 4.78 is 31.8. The molecule has 0 aliphatic heterocycles. The molecule has 5 heteroatoms. The van der Waals surface area contributed by atoms with E-state index in [0.29, 0.717) is 11.1 Å². The van der Waals surface area contributed by atoms with Crippen molar-refractivity contribution >= 4 is 10.1 Å². The summed E-state index contributed by atoms with van der Waals surface area (Å²) in [6, 6.07) is 10.8. The second-order valence-electron chi connectivity index (χ2n) is 4.02. The van der Waals surface area contributed by atoms with Crippen molar-refractivity contribution in [1.82, 2.24) is 0 Å². The van der Waals surface area contributed by atoms with E-state index in [1.807, 2.05) is 6.92 Å². The minimum atomic E-state index is -4.27. The Morgan fingerprint density at radius 2 is 1.61 bits per heavy atom. The molecule has 0 aliphatic carbocycles. The number of benzene rings is 2. The van der Waals surface area contributed by atoms with Crippen LogP contribution in [0, 0.1) is 6.92 Å². The Bertz CT molecular complexity index is 673. The van der Waals surface area contributed by atoms with Crippen LogP contribution in [-0.4, -0.2) is 18.1 Å². The lowest BCUT2D eigenvalue weighted by atomic mass is 10.0. The summed E-state index contributed by atoms with van der Waals surface area (Å²) in [6.07, 6.45) is 0. The highest BCUT2D eigenvalue weighted by Gasteiger charge is 2.16. The van der Waals surface area contributed by atoms with Gasteiger partial charge in [-0.3, -0.25) is 4.55 Å². The van der Waals surface area contributed by atoms with Crippen LogP contribution in [0.4, 0.5) is 0 Å². The molecule has 0 spiro atoms. The quantitative estimate of drug-likeness (QED) is 0.818. The van der Waals surface area contributed by atoms with Crippen molar-refractivity contribution in [3.8, 4) is 16.9 Å². The maximum atomic E-state index is 11.3. The third-order valence-corrected chi connectivity index (χ3v) is 3.50. The molecule has 0 heterocycles. The second kappa shape index (κ2) is 4.44. The van der Waals surface area contributed by atoms with Crippen LogP contribution in [0.2, 0.25) is 0 Å². The van der Waals surface area contributed by atoms with E-state index < -0.39 is 10.1 Å². The van der Waals surface area contributed by atoms with Gasteiger partial charge in [0.05, 0.1) is 0 Å². The van der Waals surface area contributed by atoms with Gasteiger partial charge in [-0.05, 0) is 30.7 Å². The topological polar surface area (TPSA) is 74.6 Å². The Hall–Kier alpha value is -1.85. The zero-order chi connectivity index (χ0) is 13.3. The summed E-state index contributed by atoms with van der Waals surface area (Å²) in [5.74, 6) is 0.0970. The van der Waals surface area contributed by atoms with Crippen LogP contribution >= 0.6 is 0 Å². The highest BCUT2D eigenvalue weighted by atomic mass is 32.2. The molecular weight excluding hydrogens is 252 g/mol. The highest BCUT2D eigenvalue weighted by molar-refractivity contribution is 7.86. The molecular formula is C13H12O4S. The van der Waals surface area contributed by atoms with Crippen LogP contribution in [0.25, 0.3) is 11.1 Å². The fourth-order valence-electron chi connectivity index (χ4n) is 1.74. The van der Waals surface area contributed by atoms with Crippen molar-refractivity contribution in [3.05, 3.63) is 48.0 Å². The third-order valence-electron chi connectivity index (χ3n) is 2.59. The van der Waals surface area contributed by atoms with Gasteiger partial charge in [-0.15, -0.1) is 0 Å². The minimum absolute atomic E-state index is 0.0970. The Labute approximate surface area is 105 Å².